The van der Waals surface area contributed by atoms with E-state index in [0.29, 0.717) is 6.54 Å². The lowest BCUT2D eigenvalue weighted by molar-refractivity contribution is -0.127. The largest absolute Gasteiger partial charge is 0.481 e. The average Bonchev–Trinajstić information content (AvgIpc) is 3.04. The summed E-state index contributed by atoms with van der Waals surface area (Å²) in [7, 11) is 0. The SMILES string of the molecule is Cc1ccccc1-c1nc(C)c(CNC(=O)C(C)Oc2cccc(C)c2C)s1. The highest BCUT2D eigenvalue weighted by Gasteiger charge is 2.17. The third kappa shape index (κ3) is 4.42. The van der Waals surface area contributed by atoms with Gasteiger partial charge in [0, 0.05) is 10.4 Å². The zero-order valence-corrected chi connectivity index (χ0v) is 17.8. The molecule has 1 heterocycles. The molecular weight excluding hydrogens is 368 g/mol. The molecule has 5 heteroatoms. The normalized spacial score (nSPS) is 11.9. The average molecular weight is 395 g/mol. The molecule has 0 aliphatic rings. The van der Waals surface area contributed by atoms with Crippen molar-refractivity contribution in [2.75, 3.05) is 0 Å². The van der Waals surface area contributed by atoms with Crippen molar-refractivity contribution in [3.05, 3.63) is 69.7 Å². The summed E-state index contributed by atoms with van der Waals surface area (Å²) in [4.78, 5) is 18.3. The van der Waals surface area contributed by atoms with Crippen LogP contribution in [0, 0.1) is 27.7 Å². The minimum atomic E-state index is -0.565. The Morgan fingerprint density at radius 2 is 1.79 bits per heavy atom. The Labute approximate surface area is 170 Å². The van der Waals surface area contributed by atoms with Crippen LogP contribution >= 0.6 is 11.3 Å². The van der Waals surface area contributed by atoms with Crippen LogP contribution in [-0.2, 0) is 11.3 Å². The van der Waals surface area contributed by atoms with Crippen molar-refractivity contribution in [3.63, 3.8) is 0 Å². The summed E-state index contributed by atoms with van der Waals surface area (Å²) in [6.07, 6.45) is -0.565. The molecule has 0 spiro atoms. The van der Waals surface area contributed by atoms with Crippen molar-refractivity contribution in [2.24, 2.45) is 0 Å². The number of aryl methyl sites for hydroxylation is 3. The van der Waals surface area contributed by atoms with Crippen molar-refractivity contribution in [1.29, 1.82) is 0 Å². The minimum absolute atomic E-state index is 0.133. The molecule has 1 unspecified atom stereocenters. The van der Waals surface area contributed by atoms with Gasteiger partial charge in [0.25, 0.3) is 5.91 Å². The number of ether oxygens (including phenoxy) is 1. The van der Waals surface area contributed by atoms with E-state index < -0.39 is 6.10 Å². The first kappa shape index (κ1) is 20.1. The Kier molecular flexibility index (Phi) is 6.15. The molecule has 0 bridgehead atoms. The second-order valence-corrected chi connectivity index (χ2v) is 8.10. The molecule has 0 saturated heterocycles. The van der Waals surface area contributed by atoms with Gasteiger partial charge >= 0.3 is 0 Å². The summed E-state index contributed by atoms with van der Waals surface area (Å²) in [6, 6.07) is 14.1. The molecule has 1 atom stereocenters. The van der Waals surface area contributed by atoms with Crippen LogP contribution in [0.3, 0.4) is 0 Å². The highest BCUT2D eigenvalue weighted by Crippen LogP contribution is 2.30. The van der Waals surface area contributed by atoms with Gasteiger partial charge in [-0.1, -0.05) is 36.4 Å². The smallest absolute Gasteiger partial charge is 0.261 e. The van der Waals surface area contributed by atoms with Crippen LogP contribution < -0.4 is 10.1 Å². The summed E-state index contributed by atoms with van der Waals surface area (Å²) in [5.74, 6) is 0.615. The second-order valence-electron chi connectivity index (χ2n) is 7.02. The summed E-state index contributed by atoms with van der Waals surface area (Å²) in [5.41, 5.74) is 5.49. The van der Waals surface area contributed by atoms with Crippen molar-refractivity contribution in [1.82, 2.24) is 10.3 Å². The molecule has 1 amide bonds. The van der Waals surface area contributed by atoms with Gasteiger partial charge in [-0.15, -0.1) is 11.3 Å². The Balaban J connectivity index is 1.64. The first-order valence-corrected chi connectivity index (χ1v) is 10.2. The Morgan fingerprint density at radius 1 is 1.07 bits per heavy atom. The van der Waals surface area contributed by atoms with Crippen LogP contribution in [0.2, 0.25) is 0 Å². The highest BCUT2D eigenvalue weighted by molar-refractivity contribution is 7.15. The number of benzene rings is 2. The standard InChI is InChI=1S/C23H26N2O2S/c1-14-10-8-12-20(16(14)3)27-18(5)22(26)24-13-21-17(4)25-23(28-21)19-11-7-6-9-15(19)2/h6-12,18H,13H2,1-5H3,(H,24,26). The van der Waals surface area contributed by atoms with Gasteiger partial charge in [0.05, 0.1) is 12.2 Å². The number of hydrogen-bond acceptors (Lipinski definition) is 4. The van der Waals surface area contributed by atoms with Crippen molar-refractivity contribution in [3.8, 4) is 16.3 Å². The maximum Gasteiger partial charge on any atom is 0.261 e. The zero-order valence-electron chi connectivity index (χ0n) is 17.0. The van der Waals surface area contributed by atoms with Gasteiger partial charge in [0.15, 0.2) is 6.10 Å². The van der Waals surface area contributed by atoms with Gasteiger partial charge in [-0.05, 0) is 57.4 Å². The van der Waals surface area contributed by atoms with E-state index in [9.17, 15) is 4.79 Å². The second kappa shape index (κ2) is 8.57. The van der Waals surface area contributed by atoms with E-state index in [2.05, 4.69) is 29.4 Å². The lowest BCUT2D eigenvalue weighted by Crippen LogP contribution is -2.36. The van der Waals surface area contributed by atoms with Gasteiger partial charge in [-0.3, -0.25) is 4.79 Å². The molecule has 0 saturated carbocycles. The van der Waals surface area contributed by atoms with Gasteiger partial charge in [-0.25, -0.2) is 4.98 Å². The molecule has 146 valence electrons. The molecule has 0 radical (unpaired) electrons. The quantitative estimate of drug-likeness (QED) is 0.631. The maximum absolute atomic E-state index is 12.5. The lowest BCUT2D eigenvalue weighted by atomic mass is 10.1. The number of nitrogens with zero attached hydrogens (tertiary/aromatic N) is 1. The molecule has 28 heavy (non-hydrogen) atoms. The van der Waals surface area contributed by atoms with Crippen LogP contribution in [0.4, 0.5) is 0 Å². The number of rotatable bonds is 6. The Morgan fingerprint density at radius 3 is 2.54 bits per heavy atom. The van der Waals surface area contributed by atoms with Crippen molar-refractivity contribution in [2.45, 2.75) is 47.3 Å². The Hall–Kier alpha value is -2.66. The minimum Gasteiger partial charge on any atom is -0.481 e. The third-order valence-electron chi connectivity index (χ3n) is 4.92. The molecule has 2 aromatic carbocycles. The molecule has 0 fully saturated rings. The molecule has 4 nitrogen and oxygen atoms in total. The Bertz CT molecular complexity index is 994. The highest BCUT2D eigenvalue weighted by atomic mass is 32.1. The molecule has 3 rings (SSSR count). The molecular formula is C23H26N2O2S. The number of amides is 1. The molecule has 3 aromatic rings. The van der Waals surface area contributed by atoms with E-state index in [1.807, 2.05) is 51.1 Å². The van der Waals surface area contributed by atoms with Gasteiger partial charge < -0.3 is 10.1 Å². The maximum atomic E-state index is 12.5. The number of carbonyl (C=O) groups excluding carboxylic acids is 1. The number of carbonyl (C=O) groups is 1. The molecule has 0 aliphatic heterocycles. The summed E-state index contributed by atoms with van der Waals surface area (Å²) in [5, 5.41) is 3.97. The zero-order chi connectivity index (χ0) is 20.3. The van der Waals surface area contributed by atoms with Crippen LogP contribution in [0.5, 0.6) is 5.75 Å². The van der Waals surface area contributed by atoms with E-state index in [4.69, 9.17) is 4.74 Å². The van der Waals surface area contributed by atoms with Gasteiger partial charge in [-0.2, -0.15) is 0 Å². The van der Waals surface area contributed by atoms with Crippen LogP contribution in [0.15, 0.2) is 42.5 Å². The summed E-state index contributed by atoms with van der Waals surface area (Å²) < 4.78 is 5.87. The van der Waals surface area contributed by atoms with E-state index >= 15 is 0 Å². The van der Waals surface area contributed by atoms with E-state index in [1.165, 1.54) is 5.56 Å². The first-order valence-electron chi connectivity index (χ1n) is 9.39. The van der Waals surface area contributed by atoms with Crippen LogP contribution in [0.25, 0.3) is 10.6 Å². The summed E-state index contributed by atoms with van der Waals surface area (Å²) >= 11 is 1.62. The van der Waals surface area contributed by atoms with Crippen molar-refractivity contribution < 1.29 is 9.53 Å². The third-order valence-corrected chi connectivity index (χ3v) is 6.11. The topological polar surface area (TPSA) is 51.2 Å². The monoisotopic (exact) mass is 394 g/mol. The van der Waals surface area contributed by atoms with Crippen LogP contribution in [-0.4, -0.2) is 17.0 Å². The lowest BCUT2D eigenvalue weighted by Gasteiger charge is -2.17. The predicted octanol–water partition coefficient (Wildman–Crippen LogP) is 5.13. The summed E-state index contributed by atoms with van der Waals surface area (Å²) in [6.45, 7) is 10.3. The fourth-order valence-corrected chi connectivity index (χ4v) is 4.02. The number of nitrogens with one attached hydrogen (secondary N) is 1. The molecule has 1 aromatic heterocycles. The number of hydrogen-bond donors (Lipinski definition) is 1. The molecule has 0 aliphatic carbocycles. The predicted molar refractivity (Wildman–Crippen MR) is 115 cm³/mol. The number of thiazole rings is 1. The molecule has 1 N–H and O–H groups in total. The van der Waals surface area contributed by atoms with Gasteiger partial charge in [0.1, 0.15) is 10.8 Å². The fourth-order valence-electron chi connectivity index (χ4n) is 2.93. The van der Waals surface area contributed by atoms with E-state index in [1.54, 1.807) is 18.3 Å². The van der Waals surface area contributed by atoms with Gasteiger partial charge in [0.2, 0.25) is 0 Å². The van der Waals surface area contributed by atoms with Crippen LogP contribution in [0.1, 0.15) is 34.2 Å². The van der Waals surface area contributed by atoms with E-state index in [0.717, 1.165) is 38.0 Å². The van der Waals surface area contributed by atoms with E-state index in [-0.39, 0.29) is 5.91 Å². The number of aromatic nitrogens is 1. The fraction of sp³-hybridized carbons (Fsp3) is 0.304. The first-order chi connectivity index (χ1) is 13.4. The van der Waals surface area contributed by atoms with Crippen molar-refractivity contribution >= 4 is 17.2 Å².